The minimum absolute atomic E-state index is 0.153. The molecular formula is C14H20N2O4. The van der Waals surface area contributed by atoms with Gasteiger partial charge in [-0.3, -0.25) is 4.79 Å². The number of carbonyl (C=O) groups is 1. The minimum atomic E-state index is -0.170. The van der Waals surface area contributed by atoms with Crippen LogP contribution in [-0.4, -0.2) is 46.4 Å². The number of hydrogen-bond acceptors (Lipinski definition) is 5. The summed E-state index contributed by atoms with van der Waals surface area (Å²) in [7, 11) is 4.60. The summed E-state index contributed by atoms with van der Waals surface area (Å²) in [6.45, 7) is 1.72. The summed E-state index contributed by atoms with van der Waals surface area (Å²) in [6, 6.07) is 3.44. The van der Waals surface area contributed by atoms with Gasteiger partial charge in [0.25, 0.3) is 5.91 Å². The standard InChI is InChI=1S/C14H20N2O4/c1-18-11-7-13(20-3)12(19-2)6-10(11)14(17)16-9-4-5-15-8-9/h6-7,9,15H,4-5,8H2,1-3H3,(H,16,17)/t9-/m1/s1. The van der Waals surface area contributed by atoms with Gasteiger partial charge < -0.3 is 24.8 Å². The largest absolute Gasteiger partial charge is 0.496 e. The molecule has 0 radical (unpaired) electrons. The van der Waals surface area contributed by atoms with Gasteiger partial charge in [-0.1, -0.05) is 0 Å². The molecule has 0 saturated carbocycles. The Morgan fingerprint density at radius 3 is 2.35 bits per heavy atom. The maximum atomic E-state index is 12.3. The molecule has 6 heteroatoms. The molecule has 1 fully saturated rings. The van der Waals surface area contributed by atoms with Crippen LogP contribution in [0.4, 0.5) is 0 Å². The number of rotatable bonds is 5. The van der Waals surface area contributed by atoms with Gasteiger partial charge in [0.15, 0.2) is 11.5 Å². The van der Waals surface area contributed by atoms with E-state index in [9.17, 15) is 4.79 Å². The second-order valence-electron chi connectivity index (χ2n) is 4.57. The van der Waals surface area contributed by atoms with E-state index in [2.05, 4.69) is 10.6 Å². The van der Waals surface area contributed by atoms with Crippen molar-refractivity contribution >= 4 is 5.91 Å². The number of nitrogens with one attached hydrogen (secondary N) is 2. The molecule has 0 bridgehead atoms. The van der Waals surface area contributed by atoms with Crippen LogP contribution in [0, 0.1) is 0 Å². The summed E-state index contributed by atoms with van der Waals surface area (Å²) < 4.78 is 15.7. The van der Waals surface area contributed by atoms with Crippen molar-refractivity contribution in [2.45, 2.75) is 12.5 Å². The Morgan fingerprint density at radius 1 is 1.15 bits per heavy atom. The highest BCUT2D eigenvalue weighted by Gasteiger charge is 2.22. The molecule has 2 rings (SSSR count). The molecule has 1 aliphatic heterocycles. The summed E-state index contributed by atoms with van der Waals surface area (Å²) in [4.78, 5) is 12.3. The summed E-state index contributed by atoms with van der Waals surface area (Å²) in [5.74, 6) is 1.33. The first-order valence-corrected chi connectivity index (χ1v) is 6.51. The highest BCUT2D eigenvalue weighted by atomic mass is 16.5. The van der Waals surface area contributed by atoms with Crippen LogP contribution in [0.15, 0.2) is 12.1 Å². The summed E-state index contributed by atoms with van der Waals surface area (Å²) >= 11 is 0. The molecule has 1 amide bonds. The first-order valence-electron chi connectivity index (χ1n) is 6.51. The quantitative estimate of drug-likeness (QED) is 0.835. The van der Waals surface area contributed by atoms with E-state index in [4.69, 9.17) is 14.2 Å². The maximum absolute atomic E-state index is 12.3. The fourth-order valence-electron chi connectivity index (χ4n) is 2.25. The molecule has 1 aromatic carbocycles. The lowest BCUT2D eigenvalue weighted by molar-refractivity contribution is 0.0936. The Bertz CT molecular complexity index is 484. The van der Waals surface area contributed by atoms with Gasteiger partial charge in [0.2, 0.25) is 0 Å². The van der Waals surface area contributed by atoms with Gasteiger partial charge in [-0.05, 0) is 13.0 Å². The molecule has 1 heterocycles. The molecule has 1 aliphatic rings. The first-order chi connectivity index (χ1) is 9.69. The van der Waals surface area contributed by atoms with E-state index in [1.807, 2.05) is 0 Å². The van der Waals surface area contributed by atoms with E-state index in [1.165, 1.54) is 14.2 Å². The van der Waals surface area contributed by atoms with Gasteiger partial charge in [0.05, 0.1) is 26.9 Å². The fourth-order valence-corrected chi connectivity index (χ4v) is 2.25. The van der Waals surface area contributed by atoms with Crippen LogP contribution in [0.25, 0.3) is 0 Å². The van der Waals surface area contributed by atoms with Crippen molar-refractivity contribution in [2.24, 2.45) is 0 Å². The predicted octanol–water partition coefficient (Wildman–Crippen LogP) is 0.804. The Labute approximate surface area is 118 Å². The molecular weight excluding hydrogens is 260 g/mol. The van der Waals surface area contributed by atoms with Crippen LogP contribution >= 0.6 is 0 Å². The monoisotopic (exact) mass is 280 g/mol. The molecule has 0 aliphatic carbocycles. The molecule has 0 spiro atoms. The number of ether oxygens (including phenoxy) is 3. The fraction of sp³-hybridized carbons (Fsp3) is 0.500. The van der Waals surface area contributed by atoms with Crippen molar-refractivity contribution in [1.29, 1.82) is 0 Å². The summed E-state index contributed by atoms with van der Waals surface area (Å²) in [5.41, 5.74) is 0.442. The molecule has 2 N–H and O–H groups in total. The number of carbonyl (C=O) groups excluding carboxylic acids is 1. The smallest absolute Gasteiger partial charge is 0.255 e. The van der Waals surface area contributed by atoms with Gasteiger partial charge in [-0.2, -0.15) is 0 Å². The lowest BCUT2D eigenvalue weighted by Gasteiger charge is -2.16. The molecule has 1 aromatic rings. The van der Waals surface area contributed by atoms with E-state index in [1.54, 1.807) is 19.2 Å². The zero-order valence-electron chi connectivity index (χ0n) is 12.0. The van der Waals surface area contributed by atoms with Crippen molar-refractivity contribution in [3.8, 4) is 17.2 Å². The average molecular weight is 280 g/mol. The van der Waals surface area contributed by atoms with Crippen LogP contribution in [0.1, 0.15) is 16.8 Å². The second-order valence-corrected chi connectivity index (χ2v) is 4.57. The third kappa shape index (κ3) is 2.96. The first kappa shape index (κ1) is 14.5. The average Bonchev–Trinajstić information content (AvgIpc) is 2.98. The van der Waals surface area contributed by atoms with Crippen LogP contribution in [0.5, 0.6) is 17.2 Å². The topological polar surface area (TPSA) is 68.8 Å². The molecule has 20 heavy (non-hydrogen) atoms. The van der Waals surface area contributed by atoms with Crippen molar-refractivity contribution in [2.75, 3.05) is 34.4 Å². The van der Waals surface area contributed by atoms with Gasteiger partial charge in [-0.25, -0.2) is 0 Å². The second kappa shape index (κ2) is 6.47. The highest BCUT2D eigenvalue weighted by Crippen LogP contribution is 2.34. The minimum Gasteiger partial charge on any atom is -0.496 e. The van der Waals surface area contributed by atoms with E-state index in [0.717, 1.165) is 19.5 Å². The number of methoxy groups -OCH3 is 3. The van der Waals surface area contributed by atoms with Gasteiger partial charge >= 0.3 is 0 Å². The highest BCUT2D eigenvalue weighted by molar-refractivity contribution is 5.98. The number of amides is 1. The predicted molar refractivity (Wildman–Crippen MR) is 74.8 cm³/mol. The van der Waals surface area contributed by atoms with E-state index in [0.29, 0.717) is 22.8 Å². The third-order valence-electron chi connectivity index (χ3n) is 3.35. The molecule has 0 unspecified atom stereocenters. The molecule has 0 aromatic heterocycles. The van der Waals surface area contributed by atoms with E-state index in [-0.39, 0.29) is 11.9 Å². The Hall–Kier alpha value is -1.95. The van der Waals surface area contributed by atoms with Crippen molar-refractivity contribution < 1.29 is 19.0 Å². The van der Waals surface area contributed by atoms with Crippen LogP contribution in [-0.2, 0) is 0 Å². The molecule has 6 nitrogen and oxygen atoms in total. The van der Waals surface area contributed by atoms with Gasteiger partial charge in [-0.15, -0.1) is 0 Å². The number of hydrogen-bond donors (Lipinski definition) is 2. The van der Waals surface area contributed by atoms with Gasteiger partial charge in [0.1, 0.15) is 5.75 Å². The van der Waals surface area contributed by atoms with Crippen LogP contribution < -0.4 is 24.8 Å². The number of benzene rings is 1. The summed E-state index contributed by atoms with van der Waals surface area (Å²) in [5, 5.41) is 6.19. The maximum Gasteiger partial charge on any atom is 0.255 e. The lowest BCUT2D eigenvalue weighted by Crippen LogP contribution is -2.36. The van der Waals surface area contributed by atoms with Crippen molar-refractivity contribution in [3.63, 3.8) is 0 Å². The van der Waals surface area contributed by atoms with Gasteiger partial charge in [0, 0.05) is 24.7 Å². The molecule has 110 valence electrons. The Morgan fingerprint density at radius 2 is 1.80 bits per heavy atom. The van der Waals surface area contributed by atoms with Crippen molar-refractivity contribution in [1.82, 2.24) is 10.6 Å². The van der Waals surface area contributed by atoms with E-state index < -0.39 is 0 Å². The lowest BCUT2D eigenvalue weighted by atomic mass is 10.1. The molecule has 1 saturated heterocycles. The zero-order valence-corrected chi connectivity index (χ0v) is 12.0. The third-order valence-corrected chi connectivity index (χ3v) is 3.35. The Balaban J connectivity index is 2.26. The van der Waals surface area contributed by atoms with Crippen LogP contribution in [0.3, 0.4) is 0 Å². The van der Waals surface area contributed by atoms with Crippen molar-refractivity contribution in [3.05, 3.63) is 17.7 Å². The molecule has 1 atom stereocenters. The normalized spacial score (nSPS) is 17.6. The SMILES string of the molecule is COc1cc(OC)c(C(=O)N[C@@H]2CCNC2)cc1OC. The zero-order chi connectivity index (χ0) is 14.5. The van der Waals surface area contributed by atoms with Crippen LogP contribution in [0.2, 0.25) is 0 Å². The Kier molecular flexibility index (Phi) is 4.68. The summed E-state index contributed by atoms with van der Waals surface area (Å²) in [6.07, 6.45) is 0.932. The van der Waals surface area contributed by atoms with E-state index >= 15 is 0 Å².